The molecule has 0 aliphatic carbocycles. The molecular formula is C17H29N3. The summed E-state index contributed by atoms with van der Waals surface area (Å²) in [6, 6.07) is 9.41. The molecule has 2 rings (SSSR count). The Kier molecular flexibility index (Phi) is 6.02. The summed E-state index contributed by atoms with van der Waals surface area (Å²) in [5.41, 5.74) is 3.03. The molecule has 0 saturated carbocycles. The Morgan fingerprint density at radius 3 is 2.70 bits per heavy atom. The van der Waals surface area contributed by atoms with Crippen LogP contribution in [0.1, 0.15) is 30.5 Å². The zero-order chi connectivity index (χ0) is 14.4. The summed E-state index contributed by atoms with van der Waals surface area (Å²) >= 11 is 0. The molecule has 20 heavy (non-hydrogen) atoms. The van der Waals surface area contributed by atoms with Crippen molar-refractivity contribution in [1.82, 2.24) is 15.1 Å². The molecule has 0 spiro atoms. The molecule has 1 N–H and O–H groups in total. The molecule has 112 valence electrons. The zero-order valence-corrected chi connectivity index (χ0v) is 13.2. The fourth-order valence-electron chi connectivity index (χ4n) is 2.97. The van der Waals surface area contributed by atoms with E-state index in [1.807, 2.05) is 0 Å². The summed E-state index contributed by atoms with van der Waals surface area (Å²) in [4.78, 5) is 4.87. The van der Waals surface area contributed by atoms with E-state index < -0.39 is 0 Å². The van der Waals surface area contributed by atoms with Gasteiger partial charge < -0.3 is 15.1 Å². The molecule has 1 aliphatic heterocycles. The Morgan fingerprint density at radius 2 is 1.95 bits per heavy atom. The number of nitrogens with one attached hydrogen (secondary N) is 1. The van der Waals surface area contributed by atoms with Crippen molar-refractivity contribution < 1.29 is 0 Å². The molecule has 0 radical (unpaired) electrons. The summed E-state index contributed by atoms with van der Waals surface area (Å²) in [6.07, 6.45) is 2.39. The van der Waals surface area contributed by atoms with E-state index in [4.69, 9.17) is 0 Å². The fourth-order valence-corrected chi connectivity index (χ4v) is 2.97. The van der Waals surface area contributed by atoms with Crippen LogP contribution in [0.5, 0.6) is 0 Å². The molecule has 0 bridgehead atoms. The Labute approximate surface area is 124 Å². The van der Waals surface area contributed by atoms with Crippen molar-refractivity contribution in [1.29, 1.82) is 0 Å². The first kappa shape index (κ1) is 15.5. The van der Waals surface area contributed by atoms with Crippen molar-refractivity contribution in [3.05, 3.63) is 35.4 Å². The van der Waals surface area contributed by atoms with Gasteiger partial charge in [0, 0.05) is 25.7 Å². The van der Waals surface area contributed by atoms with Gasteiger partial charge in [-0.25, -0.2) is 0 Å². The highest BCUT2D eigenvalue weighted by molar-refractivity contribution is 5.32. The second kappa shape index (κ2) is 7.77. The Balaban J connectivity index is 2.00. The molecule has 0 amide bonds. The lowest BCUT2D eigenvalue weighted by Gasteiger charge is -2.32. The van der Waals surface area contributed by atoms with Crippen LogP contribution in [0.15, 0.2) is 24.3 Å². The predicted molar refractivity (Wildman–Crippen MR) is 86.2 cm³/mol. The Hall–Kier alpha value is -0.900. The van der Waals surface area contributed by atoms with E-state index in [0.717, 1.165) is 32.6 Å². The van der Waals surface area contributed by atoms with Crippen molar-refractivity contribution >= 4 is 0 Å². The first-order valence-corrected chi connectivity index (χ1v) is 7.89. The van der Waals surface area contributed by atoms with Gasteiger partial charge >= 0.3 is 0 Å². The predicted octanol–water partition coefficient (Wildman–Crippen LogP) is 2.15. The standard InChI is InChI=1S/C17H29N3/c1-4-11-20(13-12-19(2)3)14-17-16-8-6-5-7-15(16)9-10-18-17/h5-8,17-18H,4,9-14H2,1-3H3. The van der Waals surface area contributed by atoms with E-state index in [2.05, 4.69) is 60.4 Å². The highest BCUT2D eigenvalue weighted by Crippen LogP contribution is 2.23. The molecule has 1 atom stereocenters. The van der Waals surface area contributed by atoms with Crippen molar-refractivity contribution in [2.24, 2.45) is 0 Å². The van der Waals surface area contributed by atoms with E-state index >= 15 is 0 Å². The van der Waals surface area contributed by atoms with Crippen LogP contribution in [0.2, 0.25) is 0 Å². The molecule has 1 unspecified atom stereocenters. The second-order valence-electron chi connectivity index (χ2n) is 6.06. The smallest absolute Gasteiger partial charge is 0.0452 e. The van der Waals surface area contributed by atoms with E-state index in [1.165, 1.54) is 24.1 Å². The highest BCUT2D eigenvalue weighted by Gasteiger charge is 2.21. The second-order valence-corrected chi connectivity index (χ2v) is 6.06. The summed E-state index contributed by atoms with van der Waals surface area (Å²) in [5.74, 6) is 0. The van der Waals surface area contributed by atoms with Gasteiger partial charge in [-0.05, 0) is 51.2 Å². The molecule has 1 aliphatic rings. The van der Waals surface area contributed by atoms with Gasteiger partial charge in [-0.1, -0.05) is 31.2 Å². The topological polar surface area (TPSA) is 18.5 Å². The third-order valence-electron chi connectivity index (χ3n) is 4.06. The van der Waals surface area contributed by atoms with Crippen molar-refractivity contribution in [3.8, 4) is 0 Å². The van der Waals surface area contributed by atoms with Gasteiger partial charge in [0.15, 0.2) is 0 Å². The first-order valence-electron chi connectivity index (χ1n) is 7.89. The maximum absolute atomic E-state index is 3.70. The largest absolute Gasteiger partial charge is 0.309 e. The number of hydrogen-bond acceptors (Lipinski definition) is 3. The monoisotopic (exact) mass is 275 g/mol. The molecule has 3 nitrogen and oxygen atoms in total. The average molecular weight is 275 g/mol. The van der Waals surface area contributed by atoms with Crippen molar-refractivity contribution in [2.45, 2.75) is 25.8 Å². The van der Waals surface area contributed by atoms with Gasteiger partial charge in [-0.3, -0.25) is 0 Å². The molecule has 0 fully saturated rings. The Bertz CT molecular complexity index is 403. The van der Waals surface area contributed by atoms with Gasteiger partial charge in [0.05, 0.1) is 0 Å². The molecule has 1 aromatic carbocycles. The van der Waals surface area contributed by atoms with E-state index in [1.54, 1.807) is 0 Å². The van der Waals surface area contributed by atoms with E-state index in [0.29, 0.717) is 6.04 Å². The highest BCUT2D eigenvalue weighted by atomic mass is 15.2. The van der Waals surface area contributed by atoms with Crippen LogP contribution < -0.4 is 5.32 Å². The molecule has 1 aromatic rings. The number of rotatable bonds is 7. The third kappa shape index (κ3) is 4.30. The van der Waals surface area contributed by atoms with E-state index in [-0.39, 0.29) is 0 Å². The minimum atomic E-state index is 0.494. The summed E-state index contributed by atoms with van der Waals surface area (Å²) < 4.78 is 0. The van der Waals surface area contributed by atoms with Crippen molar-refractivity contribution in [2.75, 3.05) is 46.8 Å². The summed E-state index contributed by atoms with van der Waals surface area (Å²) in [5, 5.41) is 3.70. The number of benzene rings is 1. The van der Waals surface area contributed by atoms with Crippen LogP contribution in [-0.4, -0.2) is 56.6 Å². The van der Waals surface area contributed by atoms with Crippen molar-refractivity contribution in [3.63, 3.8) is 0 Å². The van der Waals surface area contributed by atoms with Gasteiger partial charge in [-0.2, -0.15) is 0 Å². The average Bonchev–Trinajstić information content (AvgIpc) is 2.45. The van der Waals surface area contributed by atoms with Gasteiger partial charge in [0.1, 0.15) is 0 Å². The molecule has 1 heterocycles. The van der Waals surface area contributed by atoms with Gasteiger partial charge in [-0.15, -0.1) is 0 Å². The minimum absolute atomic E-state index is 0.494. The lowest BCUT2D eigenvalue weighted by Crippen LogP contribution is -2.41. The fraction of sp³-hybridized carbons (Fsp3) is 0.647. The lowest BCUT2D eigenvalue weighted by molar-refractivity contribution is 0.216. The summed E-state index contributed by atoms with van der Waals surface area (Å²) in [6.45, 7) is 7.97. The SMILES string of the molecule is CCCN(CCN(C)C)CC1NCCc2ccccc21. The van der Waals surface area contributed by atoms with Crippen LogP contribution in [0.4, 0.5) is 0 Å². The molecular weight excluding hydrogens is 246 g/mol. The number of nitrogens with zero attached hydrogens (tertiary/aromatic N) is 2. The minimum Gasteiger partial charge on any atom is -0.309 e. The van der Waals surface area contributed by atoms with Crippen LogP contribution >= 0.6 is 0 Å². The van der Waals surface area contributed by atoms with Crippen LogP contribution in [0.3, 0.4) is 0 Å². The zero-order valence-electron chi connectivity index (χ0n) is 13.2. The van der Waals surface area contributed by atoms with Crippen LogP contribution in [0.25, 0.3) is 0 Å². The third-order valence-corrected chi connectivity index (χ3v) is 4.06. The normalized spacial score (nSPS) is 18.6. The summed E-state index contributed by atoms with van der Waals surface area (Å²) in [7, 11) is 4.30. The van der Waals surface area contributed by atoms with Gasteiger partial charge in [0.2, 0.25) is 0 Å². The maximum Gasteiger partial charge on any atom is 0.0452 e. The Morgan fingerprint density at radius 1 is 1.15 bits per heavy atom. The number of likely N-dealkylation sites (N-methyl/N-ethyl adjacent to an activating group) is 1. The molecule has 3 heteroatoms. The number of hydrogen-bond donors (Lipinski definition) is 1. The first-order chi connectivity index (χ1) is 9.70. The van der Waals surface area contributed by atoms with E-state index in [9.17, 15) is 0 Å². The van der Waals surface area contributed by atoms with Crippen LogP contribution in [0, 0.1) is 0 Å². The number of fused-ring (bicyclic) bond motifs is 1. The maximum atomic E-state index is 3.70. The van der Waals surface area contributed by atoms with Crippen LogP contribution in [-0.2, 0) is 6.42 Å². The van der Waals surface area contributed by atoms with Gasteiger partial charge in [0.25, 0.3) is 0 Å². The molecule has 0 saturated heterocycles. The molecule has 0 aromatic heterocycles. The quantitative estimate of drug-likeness (QED) is 0.822. The lowest BCUT2D eigenvalue weighted by atomic mass is 9.94.